The van der Waals surface area contributed by atoms with Crippen molar-refractivity contribution in [1.29, 1.82) is 0 Å². The summed E-state index contributed by atoms with van der Waals surface area (Å²) in [6.45, 7) is 0.346. The lowest BCUT2D eigenvalue weighted by Crippen LogP contribution is -2.28. The summed E-state index contributed by atoms with van der Waals surface area (Å²) in [4.78, 5) is 13.2. The molecule has 0 saturated carbocycles. The molecule has 0 aliphatic rings. The molecule has 1 heterocycles. The van der Waals surface area contributed by atoms with Crippen LogP contribution in [-0.4, -0.2) is 29.9 Å². The van der Waals surface area contributed by atoms with E-state index in [2.05, 4.69) is 26.1 Å². The third-order valence-corrected chi connectivity index (χ3v) is 3.22. The first-order valence-electron chi connectivity index (χ1n) is 5.82. The Bertz CT molecular complexity index is 542. The molecule has 1 amide bonds. The minimum absolute atomic E-state index is 0.346. The number of halogens is 1. The van der Waals surface area contributed by atoms with E-state index in [4.69, 9.17) is 4.74 Å². The van der Waals surface area contributed by atoms with Crippen LogP contribution < -0.4 is 4.90 Å². The molecule has 100 valence electrons. The van der Waals surface area contributed by atoms with Gasteiger partial charge in [0.05, 0.1) is 17.3 Å². The van der Waals surface area contributed by atoms with Gasteiger partial charge in [-0.25, -0.2) is 4.79 Å². The average Bonchev–Trinajstić information content (AvgIpc) is 2.85. The van der Waals surface area contributed by atoms with Crippen LogP contribution in [0.25, 0.3) is 0 Å². The number of aromatic nitrogens is 2. The van der Waals surface area contributed by atoms with Crippen molar-refractivity contribution in [2.45, 2.75) is 6.42 Å². The maximum Gasteiger partial charge on any atom is 0.415 e. The van der Waals surface area contributed by atoms with Crippen molar-refractivity contribution in [3.8, 4) is 0 Å². The number of nitrogens with one attached hydrogen (secondary N) is 1. The molecule has 0 bridgehead atoms. The predicted octanol–water partition coefficient (Wildman–Crippen LogP) is 2.99. The zero-order valence-electron chi connectivity index (χ0n) is 10.5. The van der Waals surface area contributed by atoms with E-state index in [1.807, 2.05) is 30.3 Å². The summed E-state index contributed by atoms with van der Waals surface area (Å²) < 4.78 is 5.92. The molecule has 0 spiro atoms. The number of anilines is 1. The van der Waals surface area contributed by atoms with Gasteiger partial charge in [-0.05, 0) is 21.5 Å². The van der Waals surface area contributed by atoms with Gasteiger partial charge in [-0.1, -0.05) is 30.3 Å². The van der Waals surface area contributed by atoms with Crippen molar-refractivity contribution in [1.82, 2.24) is 10.2 Å². The lowest BCUT2D eigenvalue weighted by atomic mass is 10.2. The summed E-state index contributed by atoms with van der Waals surface area (Å²) >= 11 is 3.30. The van der Waals surface area contributed by atoms with Crippen molar-refractivity contribution in [3.63, 3.8) is 0 Å². The van der Waals surface area contributed by atoms with Crippen LogP contribution in [0.15, 0.2) is 41.0 Å². The van der Waals surface area contributed by atoms with Gasteiger partial charge in [0.1, 0.15) is 5.82 Å². The molecule has 1 aromatic heterocycles. The van der Waals surface area contributed by atoms with Crippen LogP contribution in [0, 0.1) is 0 Å². The molecule has 1 N–H and O–H groups in total. The molecular formula is C13H14BrN3O2. The van der Waals surface area contributed by atoms with E-state index < -0.39 is 6.09 Å². The maximum absolute atomic E-state index is 11.8. The second kappa shape index (κ2) is 6.38. The zero-order chi connectivity index (χ0) is 13.7. The largest absolute Gasteiger partial charge is 0.449 e. The number of ether oxygens (including phenoxy) is 1. The van der Waals surface area contributed by atoms with Crippen LogP contribution in [0.5, 0.6) is 0 Å². The summed E-state index contributed by atoms with van der Waals surface area (Å²) in [5.74, 6) is 0.574. The van der Waals surface area contributed by atoms with Crippen molar-refractivity contribution in [2.24, 2.45) is 0 Å². The standard InChI is InChI=1S/C13H14BrN3O2/c1-17(12-11(14)9-15-16-12)13(18)19-8-7-10-5-3-2-4-6-10/h2-6,9H,7-8H2,1H3,(H,15,16). The second-order valence-electron chi connectivity index (χ2n) is 3.98. The molecule has 19 heavy (non-hydrogen) atoms. The fourth-order valence-electron chi connectivity index (χ4n) is 1.59. The highest BCUT2D eigenvalue weighted by molar-refractivity contribution is 9.10. The molecule has 6 heteroatoms. The van der Waals surface area contributed by atoms with Gasteiger partial charge in [-0.2, -0.15) is 5.10 Å². The van der Waals surface area contributed by atoms with Crippen LogP contribution in [-0.2, 0) is 11.2 Å². The third kappa shape index (κ3) is 3.57. The highest BCUT2D eigenvalue weighted by Crippen LogP contribution is 2.21. The number of nitrogens with zero attached hydrogens (tertiary/aromatic N) is 2. The molecule has 2 aromatic rings. The predicted molar refractivity (Wildman–Crippen MR) is 76.2 cm³/mol. The zero-order valence-corrected chi connectivity index (χ0v) is 12.1. The Morgan fingerprint density at radius 2 is 2.16 bits per heavy atom. The Morgan fingerprint density at radius 1 is 1.42 bits per heavy atom. The molecule has 0 radical (unpaired) electrons. The first kappa shape index (κ1) is 13.6. The van der Waals surface area contributed by atoms with Crippen LogP contribution in [0.4, 0.5) is 10.6 Å². The maximum atomic E-state index is 11.8. The molecule has 0 aliphatic carbocycles. The molecule has 0 atom stereocenters. The van der Waals surface area contributed by atoms with Gasteiger partial charge in [-0.3, -0.25) is 10.00 Å². The number of hydrogen-bond donors (Lipinski definition) is 1. The summed E-state index contributed by atoms with van der Waals surface area (Å²) in [5.41, 5.74) is 1.14. The van der Waals surface area contributed by atoms with Crippen molar-refractivity contribution >= 4 is 27.8 Å². The molecule has 0 unspecified atom stereocenters. The molecule has 1 aromatic carbocycles. The molecule has 0 fully saturated rings. The average molecular weight is 324 g/mol. The Morgan fingerprint density at radius 3 is 2.79 bits per heavy atom. The molecule has 0 saturated heterocycles. The van der Waals surface area contributed by atoms with Gasteiger partial charge in [0.25, 0.3) is 0 Å². The molecule has 5 nitrogen and oxygen atoms in total. The van der Waals surface area contributed by atoms with E-state index in [-0.39, 0.29) is 0 Å². The first-order valence-corrected chi connectivity index (χ1v) is 6.61. The molecule has 0 aliphatic heterocycles. The van der Waals surface area contributed by atoms with Gasteiger partial charge >= 0.3 is 6.09 Å². The minimum atomic E-state index is -0.416. The summed E-state index contributed by atoms with van der Waals surface area (Å²) in [7, 11) is 1.63. The second-order valence-corrected chi connectivity index (χ2v) is 4.83. The topological polar surface area (TPSA) is 58.2 Å². The van der Waals surface area contributed by atoms with Gasteiger partial charge in [-0.15, -0.1) is 0 Å². The van der Waals surface area contributed by atoms with Gasteiger partial charge in [0.2, 0.25) is 0 Å². The lowest BCUT2D eigenvalue weighted by Gasteiger charge is -2.15. The molecular weight excluding hydrogens is 310 g/mol. The number of carbonyl (C=O) groups is 1. The van der Waals surface area contributed by atoms with Gasteiger partial charge in [0, 0.05) is 13.5 Å². The Hall–Kier alpha value is -1.82. The van der Waals surface area contributed by atoms with Crippen LogP contribution in [0.3, 0.4) is 0 Å². The highest BCUT2D eigenvalue weighted by Gasteiger charge is 2.16. The summed E-state index contributed by atoms with van der Waals surface area (Å²) in [6.07, 6.45) is 1.87. The van der Waals surface area contributed by atoms with Crippen LogP contribution >= 0.6 is 15.9 Å². The fraction of sp³-hybridized carbons (Fsp3) is 0.231. The number of rotatable bonds is 4. The van der Waals surface area contributed by atoms with E-state index >= 15 is 0 Å². The fourth-order valence-corrected chi connectivity index (χ4v) is 2.05. The van der Waals surface area contributed by atoms with E-state index in [9.17, 15) is 4.79 Å². The molecule has 2 rings (SSSR count). The Kier molecular flexibility index (Phi) is 4.57. The highest BCUT2D eigenvalue weighted by atomic mass is 79.9. The van der Waals surface area contributed by atoms with Crippen LogP contribution in [0.2, 0.25) is 0 Å². The van der Waals surface area contributed by atoms with Gasteiger partial charge in [0.15, 0.2) is 0 Å². The third-order valence-electron chi connectivity index (χ3n) is 2.64. The Balaban J connectivity index is 1.83. The lowest BCUT2D eigenvalue weighted by molar-refractivity contribution is 0.156. The van der Waals surface area contributed by atoms with E-state index in [0.717, 1.165) is 10.0 Å². The number of carbonyl (C=O) groups excluding carboxylic acids is 1. The van der Waals surface area contributed by atoms with E-state index in [1.165, 1.54) is 4.90 Å². The first-order chi connectivity index (χ1) is 9.18. The van der Waals surface area contributed by atoms with E-state index in [0.29, 0.717) is 18.8 Å². The number of aromatic amines is 1. The normalized spacial score (nSPS) is 10.2. The minimum Gasteiger partial charge on any atom is -0.449 e. The number of hydrogen-bond acceptors (Lipinski definition) is 3. The Labute approximate surface area is 119 Å². The monoisotopic (exact) mass is 323 g/mol. The van der Waals surface area contributed by atoms with Gasteiger partial charge < -0.3 is 4.74 Å². The smallest absolute Gasteiger partial charge is 0.415 e. The summed E-state index contributed by atoms with van der Waals surface area (Å²) in [6, 6.07) is 9.89. The number of H-pyrrole nitrogens is 1. The number of benzene rings is 1. The quantitative estimate of drug-likeness (QED) is 0.941. The van der Waals surface area contributed by atoms with Crippen molar-refractivity contribution in [2.75, 3.05) is 18.6 Å². The SMILES string of the molecule is CN(C(=O)OCCc1ccccc1)c1[nH]ncc1Br. The van der Waals surface area contributed by atoms with Crippen molar-refractivity contribution in [3.05, 3.63) is 46.6 Å². The van der Waals surface area contributed by atoms with E-state index in [1.54, 1.807) is 13.2 Å². The van der Waals surface area contributed by atoms with Crippen LogP contribution in [0.1, 0.15) is 5.56 Å². The summed E-state index contributed by atoms with van der Waals surface area (Å²) in [5, 5.41) is 6.55. The number of amides is 1. The van der Waals surface area contributed by atoms with Crippen molar-refractivity contribution < 1.29 is 9.53 Å².